The number of sulfonamides is 1. The lowest BCUT2D eigenvalue weighted by Gasteiger charge is -2.32. The fourth-order valence-corrected chi connectivity index (χ4v) is 4.13. The van der Waals surface area contributed by atoms with Gasteiger partial charge >= 0.3 is 0 Å². The number of fused-ring (bicyclic) bond motifs is 1. The van der Waals surface area contributed by atoms with Crippen molar-refractivity contribution >= 4 is 21.8 Å². The molecule has 33 heavy (non-hydrogen) atoms. The molecule has 0 fully saturated rings. The van der Waals surface area contributed by atoms with E-state index in [0.29, 0.717) is 18.5 Å². The Morgan fingerprint density at radius 1 is 1.15 bits per heavy atom. The minimum atomic E-state index is -3.35. The van der Waals surface area contributed by atoms with Gasteiger partial charge in [0.2, 0.25) is 10.0 Å². The third-order valence-electron chi connectivity index (χ3n) is 5.90. The summed E-state index contributed by atoms with van der Waals surface area (Å²) in [6.07, 6.45) is 1.58. The second-order valence-electron chi connectivity index (χ2n) is 8.29. The Balaban J connectivity index is 1.81. The molecule has 3 rings (SSSR count). The van der Waals surface area contributed by atoms with Gasteiger partial charge in [0.15, 0.2) is 0 Å². The van der Waals surface area contributed by atoms with Crippen molar-refractivity contribution in [2.24, 2.45) is 0 Å². The van der Waals surface area contributed by atoms with Crippen molar-refractivity contribution in [1.82, 2.24) is 19.1 Å². The van der Waals surface area contributed by atoms with Crippen LogP contribution in [0, 0.1) is 6.92 Å². The van der Waals surface area contributed by atoms with E-state index in [-0.39, 0.29) is 43.3 Å². The van der Waals surface area contributed by atoms with E-state index >= 15 is 0 Å². The summed E-state index contributed by atoms with van der Waals surface area (Å²) in [6, 6.07) is 9.25. The van der Waals surface area contributed by atoms with Crippen LogP contribution >= 0.6 is 0 Å². The maximum atomic E-state index is 13.1. The second kappa shape index (κ2) is 9.88. The molecule has 2 heterocycles. The van der Waals surface area contributed by atoms with Gasteiger partial charge in [-0.15, -0.1) is 0 Å². The molecule has 0 saturated carbocycles. The van der Waals surface area contributed by atoms with Crippen LogP contribution in [-0.2, 0) is 29.5 Å². The predicted molar refractivity (Wildman–Crippen MR) is 126 cm³/mol. The number of carbonyl (C=O) groups excluding carboxylic acids is 2. The summed E-state index contributed by atoms with van der Waals surface area (Å²) in [4.78, 5) is 40.5. The van der Waals surface area contributed by atoms with Crippen molar-refractivity contribution in [2.75, 3.05) is 32.9 Å². The lowest BCUT2D eigenvalue weighted by molar-refractivity contribution is 0.0691. The number of nitrogens with one attached hydrogen (secondary N) is 1. The lowest BCUT2D eigenvalue weighted by Crippen LogP contribution is -2.49. The average molecular weight is 475 g/mol. The Labute approximate surface area is 194 Å². The van der Waals surface area contributed by atoms with Crippen molar-refractivity contribution in [3.63, 3.8) is 0 Å². The van der Waals surface area contributed by atoms with E-state index in [1.807, 2.05) is 38.1 Å². The highest BCUT2D eigenvalue weighted by Crippen LogP contribution is 2.18. The van der Waals surface area contributed by atoms with Crippen molar-refractivity contribution in [1.29, 1.82) is 0 Å². The maximum absolute atomic E-state index is 13.1. The fraction of sp³-hybridized carbons (Fsp3) is 0.435. The van der Waals surface area contributed by atoms with Gasteiger partial charge in [-0.1, -0.05) is 36.8 Å². The summed E-state index contributed by atoms with van der Waals surface area (Å²) >= 11 is 0. The molecule has 0 radical (unpaired) electrons. The smallest absolute Gasteiger partial charge is 0.270 e. The first-order valence-electron chi connectivity index (χ1n) is 10.8. The summed E-state index contributed by atoms with van der Waals surface area (Å²) in [5.74, 6) is -0.807. The number of aromatic nitrogens is 1. The molecule has 2 amide bonds. The van der Waals surface area contributed by atoms with Crippen LogP contribution in [0.2, 0.25) is 0 Å². The van der Waals surface area contributed by atoms with Crippen LogP contribution in [0.15, 0.2) is 35.1 Å². The number of pyridine rings is 1. The predicted octanol–water partition coefficient (Wildman–Crippen LogP) is 0.996. The molecule has 10 heteroatoms. The maximum Gasteiger partial charge on any atom is 0.270 e. The molecule has 9 nitrogen and oxygen atoms in total. The molecule has 0 saturated heterocycles. The highest BCUT2D eigenvalue weighted by molar-refractivity contribution is 7.88. The summed E-state index contributed by atoms with van der Waals surface area (Å²) < 4.78 is 25.8. The van der Waals surface area contributed by atoms with Crippen molar-refractivity contribution in [3.8, 4) is 0 Å². The molecule has 0 spiro atoms. The third-order valence-corrected chi connectivity index (χ3v) is 7.22. The topological polar surface area (TPSA) is 109 Å². The van der Waals surface area contributed by atoms with E-state index in [0.717, 1.165) is 17.4 Å². The number of rotatable bonds is 8. The standard InChI is InChI=1S/C23H30N4O5S/c1-5-18-14-19(21(28)24-15-17-8-6-16(2)7-9-17)22(29)27-13-12-26(23(30)20(18)27)11-10-25(3)33(4,31)32/h6-9,14H,5,10-13,15H2,1-4H3,(H,24,28). The van der Waals surface area contributed by atoms with Gasteiger partial charge < -0.3 is 14.8 Å². The molecule has 178 valence electrons. The Kier molecular flexibility index (Phi) is 7.38. The van der Waals surface area contributed by atoms with E-state index in [9.17, 15) is 22.8 Å². The molecule has 1 aromatic carbocycles. The third kappa shape index (κ3) is 5.51. The molecule has 1 aliphatic rings. The molecule has 1 aliphatic heterocycles. The van der Waals surface area contributed by atoms with Crippen LogP contribution in [0.4, 0.5) is 0 Å². The quantitative estimate of drug-likeness (QED) is 0.614. The highest BCUT2D eigenvalue weighted by atomic mass is 32.2. The van der Waals surface area contributed by atoms with Crippen LogP contribution < -0.4 is 10.9 Å². The second-order valence-corrected chi connectivity index (χ2v) is 10.4. The normalized spacial score (nSPS) is 13.8. The number of likely N-dealkylation sites (N-methyl/N-ethyl adjacent to an activating group) is 1. The number of benzene rings is 1. The van der Waals surface area contributed by atoms with Crippen LogP contribution in [-0.4, -0.2) is 66.9 Å². The van der Waals surface area contributed by atoms with Crippen LogP contribution in [0.5, 0.6) is 0 Å². The molecule has 1 aromatic heterocycles. The number of hydrogen-bond acceptors (Lipinski definition) is 5. The van der Waals surface area contributed by atoms with Gasteiger partial charge in [-0.3, -0.25) is 14.4 Å². The molecule has 0 atom stereocenters. The average Bonchev–Trinajstić information content (AvgIpc) is 2.77. The van der Waals surface area contributed by atoms with Crippen LogP contribution in [0.25, 0.3) is 0 Å². The van der Waals surface area contributed by atoms with Gasteiger partial charge in [-0.25, -0.2) is 12.7 Å². The fourth-order valence-electron chi connectivity index (χ4n) is 3.72. The molecule has 0 aliphatic carbocycles. The number of hydrogen-bond donors (Lipinski definition) is 1. The monoisotopic (exact) mass is 474 g/mol. The van der Waals surface area contributed by atoms with Crippen LogP contribution in [0.1, 0.15) is 44.5 Å². The van der Waals surface area contributed by atoms with E-state index in [4.69, 9.17) is 0 Å². The SMILES string of the molecule is CCc1cc(C(=O)NCc2ccc(C)cc2)c(=O)n2c1C(=O)N(CCN(C)S(C)(=O)=O)CC2. The van der Waals surface area contributed by atoms with Crippen LogP contribution in [0.3, 0.4) is 0 Å². The first-order valence-corrected chi connectivity index (χ1v) is 12.7. The summed E-state index contributed by atoms with van der Waals surface area (Å²) in [5, 5.41) is 2.79. The number of aryl methyl sites for hydroxylation is 2. The van der Waals surface area contributed by atoms with Crippen molar-refractivity contribution in [2.45, 2.75) is 33.4 Å². The molecule has 1 N–H and O–H groups in total. The van der Waals surface area contributed by atoms with E-state index in [1.165, 1.54) is 22.0 Å². The zero-order valence-electron chi connectivity index (χ0n) is 19.4. The van der Waals surface area contributed by atoms with E-state index < -0.39 is 21.5 Å². The Bertz CT molecular complexity index is 1220. The summed E-state index contributed by atoms with van der Waals surface area (Å²) in [7, 11) is -1.89. The summed E-state index contributed by atoms with van der Waals surface area (Å²) in [6.45, 7) is 5.03. The zero-order valence-corrected chi connectivity index (χ0v) is 20.2. The first kappa shape index (κ1) is 24.7. The van der Waals surface area contributed by atoms with Gasteiger partial charge in [0.05, 0.1) is 6.26 Å². The van der Waals surface area contributed by atoms with Crippen molar-refractivity contribution < 1.29 is 18.0 Å². The Hall–Kier alpha value is -2.98. The van der Waals surface area contributed by atoms with Crippen molar-refractivity contribution in [3.05, 3.63) is 68.6 Å². The molecule has 0 unspecified atom stereocenters. The first-order chi connectivity index (χ1) is 15.5. The molecule has 0 bridgehead atoms. The molecular weight excluding hydrogens is 444 g/mol. The van der Waals surface area contributed by atoms with Gasteiger partial charge in [0.25, 0.3) is 17.4 Å². The minimum Gasteiger partial charge on any atom is -0.348 e. The van der Waals surface area contributed by atoms with Gasteiger partial charge in [0.1, 0.15) is 11.3 Å². The Morgan fingerprint density at radius 2 is 1.82 bits per heavy atom. The summed E-state index contributed by atoms with van der Waals surface area (Å²) in [5.41, 5.74) is 2.44. The van der Waals surface area contributed by atoms with Gasteiger partial charge in [-0.2, -0.15) is 0 Å². The zero-order chi connectivity index (χ0) is 24.3. The van der Waals surface area contributed by atoms with E-state index in [2.05, 4.69) is 5.32 Å². The molecular formula is C23H30N4O5S. The number of nitrogens with zero attached hydrogens (tertiary/aromatic N) is 3. The number of carbonyl (C=O) groups is 2. The lowest BCUT2D eigenvalue weighted by atomic mass is 10.0. The molecule has 2 aromatic rings. The minimum absolute atomic E-state index is 0.0146. The van der Waals surface area contributed by atoms with Gasteiger partial charge in [0, 0.05) is 39.8 Å². The largest absolute Gasteiger partial charge is 0.348 e. The highest BCUT2D eigenvalue weighted by Gasteiger charge is 2.30. The Morgan fingerprint density at radius 3 is 2.42 bits per heavy atom. The number of amides is 2. The van der Waals surface area contributed by atoms with E-state index in [1.54, 1.807) is 4.90 Å². The van der Waals surface area contributed by atoms with Gasteiger partial charge in [-0.05, 0) is 30.5 Å².